The van der Waals surface area contributed by atoms with Crippen LogP contribution in [0.5, 0.6) is 0 Å². The molecule has 0 unspecified atom stereocenters. The topological polar surface area (TPSA) is 0 Å². The van der Waals surface area contributed by atoms with E-state index < -0.39 is 0 Å². The molecule has 0 amide bonds. The summed E-state index contributed by atoms with van der Waals surface area (Å²) in [5, 5.41) is 0. The van der Waals surface area contributed by atoms with Crippen molar-refractivity contribution in [2.75, 3.05) is 5.75 Å². The van der Waals surface area contributed by atoms with E-state index in [1.165, 1.54) is 24.2 Å². The van der Waals surface area contributed by atoms with Crippen LogP contribution in [0.1, 0.15) is 26.7 Å². The normalized spacial score (nSPS) is 12.1. The summed E-state index contributed by atoms with van der Waals surface area (Å²) in [4.78, 5) is 0. The van der Waals surface area contributed by atoms with Gasteiger partial charge in [-0.25, -0.2) is 0 Å². The zero-order valence-corrected chi connectivity index (χ0v) is 7.13. The second-order valence-electron chi connectivity index (χ2n) is 2.15. The summed E-state index contributed by atoms with van der Waals surface area (Å²) in [6.45, 7) is 4.26. The monoisotopic (exact) mass is 143 g/mol. The third-order valence-corrected chi connectivity index (χ3v) is 1.93. The molecule has 0 aromatic heterocycles. The predicted molar refractivity (Wildman–Crippen MR) is 46.5 cm³/mol. The second-order valence-corrected chi connectivity index (χ2v) is 2.96. The fourth-order valence-corrected chi connectivity index (χ4v) is 0.946. The van der Waals surface area contributed by atoms with Gasteiger partial charge in [0.2, 0.25) is 0 Å². The quantitative estimate of drug-likeness (QED) is 0.430. The Labute approximate surface area is 62.7 Å². The van der Waals surface area contributed by atoms with Crippen molar-refractivity contribution < 1.29 is 0 Å². The van der Waals surface area contributed by atoms with Gasteiger partial charge in [0.25, 0.3) is 0 Å². The first-order valence-electron chi connectivity index (χ1n) is 3.30. The van der Waals surface area contributed by atoms with Gasteiger partial charge < -0.3 is 0 Å². The molecule has 0 nitrogen and oxygen atoms in total. The van der Waals surface area contributed by atoms with Gasteiger partial charge in [0.1, 0.15) is 0 Å². The summed E-state index contributed by atoms with van der Waals surface area (Å²) in [5.41, 5.74) is 1.49. The molecule has 0 spiro atoms. The molecule has 0 saturated heterocycles. The molecule has 0 bridgehead atoms. The van der Waals surface area contributed by atoms with Gasteiger partial charge in [0.15, 0.2) is 0 Å². The second kappa shape index (κ2) is 6.21. The number of hydrogen-bond donors (Lipinski definition) is 0. The Morgan fingerprint density at radius 3 is 2.78 bits per heavy atom. The molecular weight excluding hydrogens is 128 g/mol. The smallest absolute Gasteiger partial charge is 0.00235 e. The van der Waals surface area contributed by atoms with Crippen LogP contribution in [-0.4, -0.2) is 5.75 Å². The van der Waals surface area contributed by atoms with Crippen molar-refractivity contribution in [2.45, 2.75) is 26.7 Å². The summed E-state index contributed by atoms with van der Waals surface area (Å²) in [6.07, 6.45) is 8.38. The molecule has 0 aliphatic carbocycles. The Kier molecular flexibility index (Phi) is 6.28. The van der Waals surface area contributed by atoms with Crippen molar-refractivity contribution in [3.63, 3.8) is 0 Å². The van der Waals surface area contributed by atoms with Crippen LogP contribution >= 0.6 is 11.8 Å². The van der Waals surface area contributed by atoms with Crippen LogP contribution in [-0.2, 0) is 0 Å². The van der Waals surface area contributed by atoms with Gasteiger partial charge in [0, 0.05) is 6.26 Å². The number of rotatable bonds is 4. The highest BCUT2D eigenvalue weighted by molar-refractivity contribution is 8.00. The summed E-state index contributed by atoms with van der Waals surface area (Å²) in [5.74, 6) is 1.19. The van der Waals surface area contributed by atoms with E-state index in [2.05, 4.69) is 26.2 Å². The van der Waals surface area contributed by atoms with Gasteiger partial charge in [0.05, 0.1) is 0 Å². The third kappa shape index (κ3) is 5.97. The summed E-state index contributed by atoms with van der Waals surface area (Å²) >= 11 is 1.68. The van der Waals surface area contributed by atoms with Crippen molar-refractivity contribution in [1.82, 2.24) is 0 Å². The zero-order chi connectivity index (χ0) is 7.11. The van der Waals surface area contributed by atoms with Gasteiger partial charge in [-0.05, 0) is 32.4 Å². The molecule has 1 heteroatoms. The number of thioether (sulfide) groups is 1. The molecule has 0 saturated carbocycles. The Bertz CT molecular complexity index is 84.6. The molecule has 0 fully saturated rings. The molecule has 0 rings (SSSR count). The largest absolute Gasteiger partial charge is 0.161 e. The van der Waals surface area contributed by atoms with Crippen LogP contribution in [0.25, 0.3) is 0 Å². The highest BCUT2D eigenvalue weighted by Crippen LogP contribution is 2.07. The summed E-state index contributed by atoms with van der Waals surface area (Å²) < 4.78 is 0. The van der Waals surface area contributed by atoms with Crippen molar-refractivity contribution in [1.29, 1.82) is 0 Å². The molecule has 0 heterocycles. The van der Waals surface area contributed by atoms with E-state index in [1.54, 1.807) is 11.8 Å². The standard InChI is InChI=1S/C8H15S/c1-4-8(2)6-5-7-9-3/h4H,3,5-7H2,1-2H3/b8-4+. The van der Waals surface area contributed by atoms with Gasteiger partial charge in [-0.15, -0.1) is 0 Å². The molecule has 0 atom stereocenters. The van der Waals surface area contributed by atoms with Gasteiger partial charge >= 0.3 is 0 Å². The molecule has 53 valence electrons. The molecule has 0 aromatic rings. The molecule has 1 radical (unpaired) electrons. The Balaban J connectivity index is 3.07. The highest BCUT2D eigenvalue weighted by Gasteiger charge is 1.86. The van der Waals surface area contributed by atoms with Crippen LogP contribution in [0.15, 0.2) is 11.6 Å². The maximum Gasteiger partial charge on any atom is 0.00235 e. The van der Waals surface area contributed by atoms with E-state index in [1.807, 2.05) is 0 Å². The average molecular weight is 143 g/mol. The third-order valence-electron chi connectivity index (χ3n) is 1.35. The summed E-state index contributed by atoms with van der Waals surface area (Å²) in [7, 11) is 0. The molecular formula is C8H15S. The van der Waals surface area contributed by atoms with E-state index in [0.717, 1.165) is 0 Å². The Morgan fingerprint density at radius 1 is 1.67 bits per heavy atom. The summed E-state index contributed by atoms with van der Waals surface area (Å²) in [6, 6.07) is 0. The van der Waals surface area contributed by atoms with E-state index >= 15 is 0 Å². The Hall–Kier alpha value is 0.0900. The fourth-order valence-electron chi connectivity index (χ4n) is 0.597. The van der Waals surface area contributed by atoms with Crippen LogP contribution in [0, 0.1) is 6.26 Å². The van der Waals surface area contributed by atoms with E-state index in [0.29, 0.717) is 0 Å². The molecule has 0 aliphatic rings. The van der Waals surface area contributed by atoms with Crippen LogP contribution in [0.3, 0.4) is 0 Å². The number of allylic oxidation sites excluding steroid dienone is 2. The first-order valence-corrected chi connectivity index (χ1v) is 4.45. The van der Waals surface area contributed by atoms with Crippen LogP contribution in [0.4, 0.5) is 0 Å². The van der Waals surface area contributed by atoms with Gasteiger partial charge in [-0.3, -0.25) is 0 Å². The zero-order valence-electron chi connectivity index (χ0n) is 6.31. The van der Waals surface area contributed by atoms with E-state index in [4.69, 9.17) is 0 Å². The minimum atomic E-state index is 1.19. The fraction of sp³-hybridized carbons (Fsp3) is 0.625. The van der Waals surface area contributed by atoms with Crippen molar-refractivity contribution >= 4 is 11.8 Å². The number of hydrogen-bond acceptors (Lipinski definition) is 1. The van der Waals surface area contributed by atoms with Crippen molar-refractivity contribution in [2.24, 2.45) is 0 Å². The first-order chi connectivity index (χ1) is 4.31. The molecule has 0 aliphatic heterocycles. The van der Waals surface area contributed by atoms with Gasteiger partial charge in [-0.1, -0.05) is 11.6 Å². The molecule has 0 aromatic carbocycles. The maximum atomic E-state index is 3.71. The lowest BCUT2D eigenvalue weighted by atomic mass is 10.2. The SMILES string of the molecule is [CH2]SCCC/C(C)=C/C. The molecule has 9 heavy (non-hydrogen) atoms. The van der Waals surface area contributed by atoms with Crippen LogP contribution < -0.4 is 0 Å². The lowest BCUT2D eigenvalue weighted by molar-refractivity contribution is 0.915. The maximum absolute atomic E-state index is 3.71. The lowest BCUT2D eigenvalue weighted by Gasteiger charge is -1.96. The van der Waals surface area contributed by atoms with Crippen molar-refractivity contribution in [3.8, 4) is 0 Å². The first kappa shape index (κ1) is 9.09. The minimum absolute atomic E-state index is 1.19. The van der Waals surface area contributed by atoms with Crippen molar-refractivity contribution in [3.05, 3.63) is 17.9 Å². The predicted octanol–water partition coefficient (Wildman–Crippen LogP) is 3.26. The average Bonchev–Trinajstić information content (AvgIpc) is 1.89. The Morgan fingerprint density at radius 2 is 2.33 bits per heavy atom. The van der Waals surface area contributed by atoms with E-state index in [-0.39, 0.29) is 0 Å². The highest BCUT2D eigenvalue weighted by atomic mass is 32.2. The van der Waals surface area contributed by atoms with Crippen LogP contribution in [0.2, 0.25) is 0 Å². The minimum Gasteiger partial charge on any atom is -0.161 e. The molecule has 0 N–H and O–H groups in total. The van der Waals surface area contributed by atoms with Gasteiger partial charge in [-0.2, -0.15) is 11.8 Å². The lowest BCUT2D eigenvalue weighted by Crippen LogP contribution is -1.79. The van der Waals surface area contributed by atoms with E-state index in [9.17, 15) is 0 Å².